The van der Waals surface area contributed by atoms with Crippen LogP contribution in [-0.4, -0.2) is 18.9 Å². The number of rotatable bonds is 5. The molecule has 1 atom stereocenters. The third-order valence-electron chi connectivity index (χ3n) is 3.00. The molecule has 2 amide bonds. The second kappa shape index (κ2) is 7.01. The van der Waals surface area contributed by atoms with Crippen molar-refractivity contribution in [1.29, 1.82) is 0 Å². The SMILES string of the molecule is CNC(=O)Cc1ccc(NC(=O)C(N)c2cccs2)cc1. The van der Waals surface area contributed by atoms with Crippen molar-refractivity contribution >= 4 is 28.8 Å². The molecule has 2 rings (SSSR count). The first kappa shape index (κ1) is 15.2. The molecule has 6 heteroatoms. The summed E-state index contributed by atoms with van der Waals surface area (Å²) < 4.78 is 0. The van der Waals surface area contributed by atoms with Gasteiger partial charge < -0.3 is 16.4 Å². The van der Waals surface area contributed by atoms with Gasteiger partial charge in [0.25, 0.3) is 0 Å². The third kappa shape index (κ3) is 4.14. The molecule has 1 aromatic heterocycles. The van der Waals surface area contributed by atoms with Crippen LogP contribution in [0.3, 0.4) is 0 Å². The molecule has 21 heavy (non-hydrogen) atoms. The standard InChI is InChI=1S/C15H17N3O2S/c1-17-13(19)9-10-4-6-11(7-5-10)18-15(20)14(16)12-3-2-8-21-12/h2-8,14H,9,16H2,1H3,(H,17,19)(H,18,20). The molecular weight excluding hydrogens is 286 g/mol. The van der Waals surface area contributed by atoms with E-state index in [1.54, 1.807) is 19.2 Å². The molecular formula is C15H17N3O2S. The number of carbonyl (C=O) groups excluding carboxylic acids is 2. The molecule has 0 saturated heterocycles. The van der Waals surface area contributed by atoms with E-state index in [2.05, 4.69) is 10.6 Å². The average Bonchev–Trinajstić information content (AvgIpc) is 3.02. The summed E-state index contributed by atoms with van der Waals surface area (Å²) in [6.07, 6.45) is 0.319. The highest BCUT2D eigenvalue weighted by molar-refractivity contribution is 7.10. The van der Waals surface area contributed by atoms with Crippen LogP contribution in [0.5, 0.6) is 0 Å². The van der Waals surface area contributed by atoms with Gasteiger partial charge in [0.1, 0.15) is 6.04 Å². The fourth-order valence-corrected chi connectivity index (χ4v) is 2.52. The molecule has 0 spiro atoms. The molecule has 2 aromatic rings. The van der Waals surface area contributed by atoms with Crippen molar-refractivity contribution in [2.24, 2.45) is 5.73 Å². The Balaban J connectivity index is 1.97. The number of hydrogen-bond donors (Lipinski definition) is 3. The Bertz CT molecular complexity index is 608. The number of carbonyl (C=O) groups is 2. The summed E-state index contributed by atoms with van der Waals surface area (Å²) in [6, 6.07) is 10.2. The summed E-state index contributed by atoms with van der Waals surface area (Å²) in [5.74, 6) is -0.303. The molecule has 0 bridgehead atoms. The quantitative estimate of drug-likeness (QED) is 0.785. The van der Waals surface area contributed by atoms with E-state index in [1.807, 2.05) is 29.6 Å². The maximum Gasteiger partial charge on any atom is 0.246 e. The second-order valence-corrected chi connectivity index (χ2v) is 5.51. The number of nitrogens with one attached hydrogen (secondary N) is 2. The maximum absolute atomic E-state index is 12.0. The Kier molecular flexibility index (Phi) is 5.08. The molecule has 5 nitrogen and oxygen atoms in total. The molecule has 0 saturated carbocycles. The molecule has 1 unspecified atom stereocenters. The Labute approximate surface area is 127 Å². The Morgan fingerprint density at radius 3 is 2.52 bits per heavy atom. The molecule has 0 aliphatic carbocycles. The van der Waals surface area contributed by atoms with Crippen LogP contribution in [0, 0.1) is 0 Å². The lowest BCUT2D eigenvalue weighted by Gasteiger charge is -2.11. The van der Waals surface area contributed by atoms with Gasteiger partial charge in [-0.05, 0) is 29.1 Å². The van der Waals surface area contributed by atoms with Crippen molar-refractivity contribution in [3.8, 4) is 0 Å². The molecule has 0 radical (unpaired) electrons. The lowest BCUT2D eigenvalue weighted by molar-refractivity contribution is -0.120. The van der Waals surface area contributed by atoms with E-state index in [1.165, 1.54) is 11.3 Å². The third-order valence-corrected chi connectivity index (χ3v) is 3.95. The minimum absolute atomic E-state index is 0.0495. The van der Waals surface area contributed by atoms with Gasteiger partial charge in [0.2, 0.25) is 11.8 Å². The van der Waals surface area contributed by atoms with Gasteiger partial charge in [-0.3, -0.25) is 9.59 Å². The van der Waals surface area contributed by atoms with Gasteiger partial charge in [0.05, 0.1) is 6.42 Å². The van der Waals surface area contributed by atoms with Gasteiger partial charge in [-0.15, -0.1) is 11.3 Å². The van der Waals surface area contributed by atoms with E-state index in [-0.39, 0.29) is 11.8 Å². The molecule has 0 aliphatic heterocycles. The summed E-state index contributed by atoms with van der Waals surface area (Å²) in [5.41, 5.74) is 7.43. The minimum Gasteiger partial charge on any atom is -0.359 e. The zero-order valence-corrected chi connectivity index (χ0v) is 12.4. The number of amides is 2. The minimum atomic E-state index is -0.671. The zero-order chi connectivity index (χ0) is 15.2. The van der Waals surface area contributed by atoms with E-state index in [0.29, 0.717) is 12.1 Å². The second-order valence-electron chi connectivity index (χ2n) is 4.53. The van der Waals surface area contributed by atoms with E-state index in [4.69, 9.17) is 5.73 Å². The molecule has 0 fully saturated rings. The molecule has 4 N–H and O–H groups in total. The van der Waals surface area contributed by atoms with Crippen molar-refractivity contribution in [2.75, 3.05) is 12.4 Å². The van der Waals surface area contributed by atoms with Crippen LogP contribution in [0.1, 0.15) is 16.5 Å². The van der Waals surface area contributed by atoms with Gasteiger partial charge in [-0.2, -0.15) is 0 Å². The number of thiophene rings is 1. The fraction of sp³-hybridized carbons (Fsp3) is 0.200. The molecule has 1 aromatic carbocycles. The van der Waals surface area contributed by atoms with Gasteiger partial charge in [-0.25, -0.2) is 0 Å². The van der Waals surface area contributed by atoms with Crippen LogP contribution in [-0.2, 0) is 16.0 Å². The first-order valence-corrected chi connectivity index (χ1v) is 7.37. The summed E-state index contributed by atoms with van der Waals surface area (Å²) >= 11 is 1.45. The van der Waals surface area contributed by atoms with Gasteiger partial charge >= 0.3 is 0 Å². The molecule has 0 aliphatic rings. The normalized spacial score (nSPS) is 11.7. The lowest BCUT2D eigenvalue weighted by Crippen LogP contribution is -2.27. The Hall–Kier alpha value is -2.18. The Morgan fingerprint density at radius 1 is 1.24 bits per heavy atom. The monoisotopic (exact) mass is 303 g/mol. The van der Waals surface area contributed by atoms with Crippen molar-refractivity contribution in [1.82, 2.24) is 5.32 Å². The summed E-state index contributed by atoms with van der Waals surface area (Å²) in [7, 11) is 1.60. The average molecular weight is 303 g/mol. The van der Waals surface area contributed by atoms with Gasteiger partial charge in [0.15, 0.2) is 0 Å². The predicted octanol–water partition coefficient (Wildman–Crippen LogP) is 1.68. The zero-order valence-electron chi connectivity index (χ0n) is 11.6. The van der Waals surface area contributed by atoms with Crippen molar-refractivity contribution in [3.05, 3.63) is 52.2 Å². The largest absolute Gasteiger partial charge is 0.359 e. The van der Waals surface area contributed by atoms with Crippen LogP contribution in [0.15, 0.2) is 41.8 Å². The van der Waals surface area contributed by atoms with Gasteiger partial charge in [0, 0.05) is 17.6 Å². The fourth-order valence-electron chi connectivity index (χ4n) is 1.80. The topological polar surface area (TPSA) is 84.2 Å². The highest BCUT2D eigenvalue weighted by Crippen LogP contribution is 2.19. The number of benzene rings is 1. The Morgan fingerprint density at radius 2 is 1.95 bits per heavy atom. The summed E-state index contributed by atoms with van der Waals surface area (Å²) in [5, 5.41) is 7.22. The van der Waals surface area contributed by atoms with Crippen molar-refractivity contribution in [3.63, 3.8) is 0 Å². The van der Waals surface area contributed by atoms with Crippen LogP contribution < -0.4 is 16.4 Å². The predicted molar refractivity (Wildman–Crippen MR) is 84.1 cm³/mol. The number of hydrogen-bond acceptors (Lipinski definition) is 4. The van der Waals surface area contributed by atoms with Crippen LogP contribution >= 0.6 is 11.3 Å². The van der Waals surface area contributed by atoms with Crippen molar-refractivity contribution < 1.29 is 9.59 Å². The van der Waals surface area contributed by atoms with E-state index < -0.39 is 6.04 Å². The van der Waals surface area contributed by atoms with Gasteiger partial charge in [-0.1, -0.05) is 18.2 Å². The lowest BCUT2D eigenvalue weighted by atomic mass is 10.1. The van der Waals surface area contributed by atoms with Crippen LogP contribution in [0.4, 0.5) is 5.69 Å². The first-order chi connectivity index (χ1) is 10.1. The highest BCUT2D eigenvalue weighted by atomic mass is 32.1. The number of anilines is 1. The number of nitrogens with two attached hydrogens (primary N) is 1. The van der Waals surface area contributed by atoms with Crippen LogP contribution in [0.25, 0.3) is 0 Å². The van der Waals surface area contributed by atoms with E-state index >= 15 is 0 Å². The summed E-state index contributed by atoms with van der Waals surface area (Å²) in [6.45, 7) is 0. The van der Waals surface area contributed by atoms with Crippen molar-refractivity contribution in [2.45, 2.75) is 12.5 Å². The van der Waals surface area contributed by atoms with E-state index in [9.17, 15) is 9.59 Å². The number of likely N-dealkylation sites (N-methyl/N-ethyl adjacent to an activating group) is 1. The molecule has 1 heterocycles. The van der Waals surface area contributed by atoms with Crippen LogP contribution in [0.2, 0.25) is 0 Å². The smallest absolute Gasteiger partial charge is 0.246 e. The first-order valence-electron chi connectivity index (χ1n) is 6.49. The highest BCUT2D eigenvalue weighted by Gasteiger charge is 2.16. The maximum atomic E-state index is 12.0. The molecule has 110 valence electrons. The summed E-state index contributed by atoms with van der Waals surface area (Å²) in [4.78, 5) is 24.1. The van der Waals surface area contributed by atoms with E-state index in [0.717, 1.165) is 10.4 Å².